The number of aromatic nitrogens is 7. The summed E-state index contributed by atoms with van der Waals surface area (Å²) in [5, 5.41) is 14.7. The van der Waals surface area contributed by atoms with E-state index >= 15 is 0 Å². The van der Waals surface area contributed by atoms with Gasteiger partial charge in [0.2, 0.25) is 0 Å². The highest BCUT2D eigenvalue weighted by Crippen LogP contribution is 2.27. The molecule has 3 heterocycles. The predicted molar refractivity (Wildman–Crippen MR) is 86.3 cm³/mol. The van der Waals surface area contributed by atoms with E-state index in [0.717, 1.165) is 16.9 Å². The fraction of sp³-hybridized carbons (Fsp3) is 0.500. The highest BCUT2D eigenvalue weighted by atomic mass is 16.1. The quantitative estimate of drug-likeness (QED) is 0.669. The molecule has 0 spiro atoms. The topological polar surface area (TPSA) is 117 Å². The Bertz CT molecular complexity index is 898. The number of hydrogen-bond donors (Lipinski definition) is 3. The zero-order valence-electron chi connectivity index (χ0n) is 13.8. The van der Waals surface area contributed by atoms with E-state index in [2.05, 4.69) is 56.3 Å². The molecule has 3 rings (SSSR count). The SMILES string of the molecule is C[C@H](Nc1nc(C(C)(C)C)nc2c1cnn2C)c1n[nH]c(=O)[nH]1. The second-order valence-electron chi connectivity index (χ2n) is 6.58. The average molecular weight is 316 g/mol. The van der Waals surface area contributed by atoms with Gasteiger partial charge < -0.3 is 5.32 Å². The molecule has 0 bridgehead atoms. The third kappa shape index (κ3) is 2.81. The molecule has 0 amide bonds. The van der Waals surface area contributed by atoms with Crippen LogP contribution in [0.5, 0.6) is 0 Å². The van der Waals surface area contributed by atoms with Gasteiger partial charge in [0, 0.05) is 12.5 Å². The summed E-state index contributed by atoms with van der Waals surface area (Å²) in [4.78, 5) is 23.1. The summed E-state index contributed by atoms with van der Waals surface area (Å²) >= 11 is 0. The number of H-pyrrole nitrogens is 2. The molecule has 0 aliphatic carbocycles. The summed E-state index contributed by atoms with van der Waals surface area (Å²) in [6.07, 6.45) is 1.73. The molecule has 0 unspecified atom stereocenters. The first-order chi connectivity index (χ1) is 10.8. The number of hydrogen-bond acceptors (Lipinski definition) is 6. The first-order valence-corrected chi connectivity index (χ1v) is 7.37. The maximum atomic E-state index is 11.2. The smallest absolute Gasteiger partial charge is 0.340 e. The fourth-order valence-electron chi connectivity index (χ4n) is 2.23. The number of aromatic amines is 2. The number of aryl methyl sites for hydroxylation is 1. The van der Waals surface area contributed by atoms with Crippen molar-refractivity contribution in [3.8, 4) is 0 Å². The minimum atomic E-state index is -0.335. The number of nitrogens with one attached hydrogen (secondary N) is 3. The molecule has 0 saturated heterocycles. The van der Waals surface area contributed by atoms with Crippen molar-refractivity contribution < 1.29 is 0 Å². The molecule has 0 aliphatic heterocycles. The molecule has 3 aromatic heterocycles. The van der Waals surface area contributed by atoms with Gasteiger partial charge in [0.05, 0.1) is 17.6 Å². The van der Waals surface area contributed by atoms with E-state index in [-0.39, 0.29) is 17.1 Å². The molecule has 9 heteroatoms. The van der Waals surface area contributed by atoms with Crippen LogP contribution in [0.15, 0.2) is 11.0 Å². The van der Waals surface area contributed by atoms with Crippen LogP contribution < -0.4 is 11.0 Å². The molecule has 0 saturated carbocycles. The van der Waals surface area contributed by atoms with E-state index in [1.165, 1.54) is 0 Å². The molecular formula is C14H20N8O. The van der Waals surface area contributed by atoms with Gasteiger partial charge in [-0.3, -0.25) is 9.67 Å². The van der Waals surface area contributed by atoms with E-state index in [9.17, 15) is 4.79 Å². The molecule has 9 nitrogen and oxygen atoms in total. The summed E-state index contributed by atoms with van der Waals surface area (Å²) < 4.78 is 1.72. The summed E-state index contributed by atoms with van der Waals surface area (Å²) in [6, 6.07) is -0.222. The lowest BCUT2D eigenvalue weighted by Gasteiger charge is -2.19. The molecule has 1 atom stereocenters. The molecule has 3 N–H and O–H groups in total. The number of fused-ring (bicyclic) bond motifs is 1. The molecule has 0 aliphatic rings. The van der Waals surface area contributed by atoms with Crippen molar-refractivity contribution in [2.45, 2.75) is 39.2 Å². The third-order valence-corrected chi connectivity index (χ3v) is 3.55. The van der Waals surface area contributed by atoms with Crippen molar-refractivity contribution >= 4 is 16.9 Å². The second kappa shape index (κ2) is 5.18. The predicted octanol–water partition coefficient (Wildman–Crippen LogP) is 1.25. The van der Waals surface area contributed by atoms with Gasteiger partial charge in [0.25, 0.3) is 0 Å². The van der Waals surface area contributed by atoms with Crippen LogP contribution in [0.25, 0.3) is 11.0 Å². The van der Waals surface area contributed by atoms with E-state index in [4.69, 9.17) is 0 Å². The van der Waals surface area contributed by atoms with E-state index in [1.807, 2.05) is 14.0 Å². The van der Waals surface area contributed by atoms with Gasteiger partial charge in [0.15, 0.2) is 11.5 Å². The van der Waals surface area contributed by atoms with Crippen LogP contribution in [0.4, 0.5) is 5.82 Å². The molecule has 0 aromatic carbocycles. The summed E-state index contributed by atoms with van der Waals surface area (Å²) in [5.41, 5.74) is 0.229. The molecule has 122 valence electrons. The van der Waals surface area contributed by atoms with Crippen molar-refractivity contribution in [2.24, 2.45) is 7.05 Å². The van der Waals surface area contributed by atoms with Gasteiger partial charge in [-0.1, -0.05) is 20.8 Å². The van der Waals surface area contributed by atoms with Gasteiger partial charge in [-0.05, 0) is 6.92 Å². The lowest BCUT2D eigenvalue weighted by atomic mass is 9.95. The number of anilines is 1. The highest BCUT2D eigenvalue weighted by molar-refractivity contribution is 5.86. The van der Waals surface area contributed by atoms with Crippen LogP contribution in [0.1, 0.15) is 45.4 Å². The lowest BCUT2D eigenvalue weighted by Crippen LogP contribution is -2.19. The van der Waals surface area contributed by atoms with Crippen molar-refractivity contribution in [3.05, 3.63) is 28.3 Å². The minimum absolute atomic E-state index is 0.196. The van der Waals surface area contributed by atoms with Crippen LogP contribution >= 0.6 is 0 Å². The van der Waals surface area contributed by atoms with Gasteiger partial charge in [-0.15, -0.1) is 0 Å². The maximum absolute atomic E-state index is 11.2. The molecule has 23 heavy (non-hydrogen) atoms. The van der Waals surface area contributed by atoms with Gasteiger partial charge in [-0.2, -0.15) is 10.2 Å². The zero-order valence-corrected chi connectivity index (χ0v) is 13.8. The van der Waals surface area contributed by atoms with Crippen LogP contribution in [0, 0.1) is 0 Å². The van der Waals surface area contributed by atoms with Crippen molar-refractivity contribution in [3.63, 3.8) is 0 Å². The Morgan fingerprint density at radius 3 is 2.65 bits per heavy atom. The van der Waals surface area contributed by atoms with E-state index < -0.39 is 0 Å². The van der Waals surface area contributed by atoms with Crippen molar-refractivity contribution in [2.75, 3.05) is 5.32 Å². The highest BCUT2D eigenvalue weighted by Gasteiger charge is 2.22. The number of rotatable bonds is 3. The third-order valence-electron chi connectivity index (χ3n) is 3.55. The second-order valence-corrected chi connectivity index (χ2v) is 6.58. The van der Waals surface area contributed by atoms with Crippen LogP contribution in [0.3, 0.4) is 0 Å². The molecule has 3 aromatic rings. The van der Waals surface area contributed by atoms with Gasteiger partial charge in [0.1, 0.15) is 11.6 Å². The van der Waals surface area contributed by atoms with Gasteiger partial charge in [-0.25, -0.2) is 19.9 Å². The summed E-state index contributed by atoms with van der Waals surface area (Å²) in [5.74, 6) is 1.91. The van der Waals surface area contributed by atoms with Crippen LogP contribution in [-0.2, 0) is 12.5 Å². The molecule has 0 fully saturated rings. The lowest BCUT2D eigenvalue weighted by molar-refractivity contribution is 0.546. The normalized spacial score (nSPS) is 13.4. The Labute approximate surface area is 132 Å². The fourth-order valence-corrected chi connectivity index (χ4v) is 2.23. The Kier molecular flexibility index (Phi) is 3.42. The standard InChI is InChI=1S/C14H20N8O/c1-7(9-18-13(23)21-20-9)16-10-8-6-15-22(5)11(8)19-12(17-10)14(2,3)4/h6-7H,1-5H3,(H,16,17,19)(H2,18,20,21,23)/t7-/m0/s1. The summed E-state index contributed by atoms with van der Waals surface area (Å²) in [7, 11) is 1.85. The maximum Gasteiger partial charge on any atom is 0.340 e. The Balaban J connectivity index is 2.06. The summed E-state index contributed by atoms with van der Waals surface area (Å²) in [6.45, 7) is 8.07. The van der Waals surface area contributed by atoms with E-state index in [1.54, 1.807) is 10.9 Å². The van der Waals surface area contributed by atoms with Crippen LogP contribution in [-0.4, -0.2) is 34.9 Å². The molecule has 0 radical (unpaired) electrons. The molecular weight excluding hydrogens is 296 g/mol. The largest absolute Gasteiger partial charge is 0.360 e. The van der Waals surface area contributed by atoms with Crippen molar-refractivity contribution in [1.82, 2.24) is 34.9 Å². The Morgan fingerprint density at radius 2 is 2.04 bits per heavy atom. The first kappa shape index (κ1) is 15.2. The van der Waals surface area contributed by atoms with Crippen molar-refractivity contribution in [1.29, 1.82) is 0 Å². The Hall–Kier alpha value is -2.71. The Morgan fingerprint density at radius 1 is 1.30 bits per heavy atom. The zero-order chi connectivity index (χ0) is 16.8. The average Bonchev–Trinajstić information content (AvgIpc) is 3.05. The van der Waals surface area contributed by atoms with E-state index in [0.29, 0.717) is 11.6 Å². The number of nitrogens with zero attached hydrogens (tertiary/aromatic N) is 5. The first-order valence-electron chi connectivity index (χ1n) is 7.37. The van der Waals surface area contributed by atoms with Crippen LogP contribution in [0.2, 0.25) is 0 Å². The monoisotopic (exact) mass is 316 g/mol. The van der Waals surface area contributed by atoms with Gasteiger partial charge >= 0.3 is 5.69 Å². The minimum Gasteiger partial charge on any atom is -0.360 e.